The molecule has 114 valence electrons. The van der Waals surface area contributed by atoms with Gasteiger partial charge < -0.3 is 0 Å². The fourth-order valence-electron chi connectivity index (χ4n) is 2.47. The van der Waals surface area contributed by atoms with Gasteiger partial charge in [-0.25, -0.2) is 13.9 Å². The molecule has 0 radical (unpaired) electrons. The summed E-state index contributed by atoms with van der Waals surface area (Å²) in [6.07, 6.45) is 3.46. The number of H-pyrrole nitrogens is 1. The zero-order valence-corrected chi connectivity index (χ0v) is 12.2. The zero-order valence-electron chi connectivity index (χ0n) is 12.2. The number of aromatic amines is 1. The van der Waals surface area contributed by atoms with Crippen LogP contribution in [0.1, 0.15) is 0 Å². The van der Waals surface area contributed by atoms with Gasteiger partial charge in [0, 0.05) is 30.9 Å². The van der Waals surface area contributed by atoms with Crippen LogP contribution in [0.15, 0.2) is 53.6 Å². The number of rotatable bonds is 2. The molecule has 0 aliphatic heterocycles. The normalized spacial score (nSPS) is 11.2. The van der Waals surface area contributed by atoms with E-state index in [0.29, 0.717) is 17.0 Å². The molecule has 0 saturated heterocycles. The Kier molecular flexibility index (Phi) is 2.87. The minimum absolute atomic E-state index is 0.220. The van der Waals surface area contributed by atoms with E-state index >= 15 is 0 Å². The van der Waals surface area contributed by atoms with Crippen LogP contribution in [0.2, 0.25) is 0 Å². The molecular formula is C16H12FN5O. The number of hydrogen-bond acceptors (Lipinski definition) is 3. The first kappa shape index (κ1) is 13.4. The summed E-state index contributed by atoms with van der Waals surface area (Å²) in [6.45, 7) is 0. The number of hydrogen-bond donors (Lipinski definition) is 1. The third kappa shape index (κ3) is 2.32. The zero-order chi connectivity index (χ0) is 16.0. The van der Waals surface area contributed by atoms with Crippen molar-refractivity contribution in [3.05, 3.63) is 65.0 Å². The first-order valence-electron chi connectivity index (χ1n) is 6.98. The summed E-state index contributed by atoms with van der Waals surface area (Å²) in [4.78, 5) is 16.8. The molecule has 4 aromatic rings. The first-order valence-corrected chi connectivity index (χ1v) is 6.98. The lowest BCUT2D eigenvalue weighted by molar-refractivity contribution is 0.628. The fourth-order valence-corrected chi connectivity index (χ4v) is 2.47. The highest BCUT2D eigenvalue weighted by atomic mass is 19.1. The predicted molar refractivity (Wildman–Crippen MR) is 83.4 cm³/mol. The Hall–Kier alpha value is -3.22. The molecule has 3 aromatic heterocycles. The Morgan fingerprint density at radius 1 is 1.13 bits per heavy atom. The van der Waals surface area contributed by atoms with Crippen molar-refractivity contribution in [1.82, 2.24) is 24.4 Å². The number of nitrogens with one attached hydrogen (secondary N) is 1. The van der Waals surface area contributed by atoms with E-state index in [2.05, 4.69) is 15.2 Å². The third-order valence-electron chi connectivity index (χ3n) is 3.61. The summed E-state index contributed by atoms with van der Waals surface area (Å²) in [5.41, 5.74) is 3.08. The highest BCUT2D eigenvalue weighted by molar-refractivity contribution is 5.66. The molecule has 0 fully saturated rings. The highest BCUT2D eigenvalue weighted by Gasteiger charge is 2.10. The molecule has 0 spiro atoms. The van der Waals surface area contributed by atoms with Crippen LogP contribution in [-0.4, -0.2) is 24.4 Å². The standard InChI is InChI=1S/C16H12FN5O/c1-21-9-11(8-18-21)13-7-16(23)22-15(19-13)6-14(20-22)10-2-4-12(17)5-3-10/h2-9,20H,1H3. The van der Waals surface area contributed by atoms with Crippen molar-refractivity contribution in [2.45, 2.75) is 0 Å². The molecule has 0 bridgehead atoms. The highest BCUT2D eigenvalue weighted by Crippen LogP contribution is 2.20. The second-order valence-corrected chi connectivity index (χ2v) is 5.25. The molecule has 4 rings (SSSR count). The van der Waals surface area contributed by atoms with Crippen molar-refractivity contribution in [3.63, 3.8) is 0 Å². The average Bonchev–Trinajstić information content (AvgIpc) is 3.14. The minimum Gasteiger partial charge on any atom is -0.289 e. The molecule has 7 heteroatoms. The number of aromatic nitrogens is 5. The molecule has 3 heterocycles. The van der Waals surface area contributed by atoms with Crippen LogP contribution >= 0.6 is 0 Å². The van der Waals surface area contributed by atoms with Gasteiger partial charge in [0.05, 0.1) is 17.6 Å². The van der Waals surface area contributed by atoms with Gasteiger partial charge in [-0.3, -0.25) is 14.6 Å². The second-order valence-electron chi connectivity index (χ2n) is 5.25. The molecular weight excluding hydrogens is 297 g/mol. The number of nitrogens with zero attached hydrogens (tertiary/aromatic N) is 4. The summed E-state index contributed by atoms with van der Waals surface area (Å²) in [5, 5.41) is 7.07. The van der Waals surface area contributed by atoms with Crippen LogP contribution in [0.5, 0.6) is 0 Å². The van der Waals surface area contributed by atoms with Crippen LogP contribution in [0.4, 0.5) is 4.39 Å². The van der Waals surface area contributed by atoms with Crippen molar-refractivity contribution in [3.8, 4) is 22.5 Å². The maximum absolute atomic E-state index is 13.0. The molecule has 0 atom stereocenters. The number of aryl methyl sites for hydroxylation is 1. The van der Waals surface area contributed by atoms with Crippen LogP contribution in [-0.2, 0) is 7.05 Å². The van der Waals surface area contributed by atoms with Gasteiger partial charge in [-0.1, -0.05) is 0 Å². The largest absolute Gasteiger partial charge is 0.289 e. The van der Waals surface area contributed by atoms with Gasteiger partial charge >= 0.3 is 0 Å². The van der Waals surface area contributed by atoms with E-state index in [1.165, 1.54) is 22.7 Å². The van der Waals surface area contributed by atoms with Crippen LogP contribution in [0.3, 0.4) is 0 Å². The number of fused-ring (bicyclic) bond motifs is 1. The molecule has 1 aromatic carbocycles. The van der Waals surface area contributed by atoms with Gasteiger partial charge in [0.15, 0.2) is 5.65 Å². The van der Waals surface area contributed by atoms with E-state index in [1.54, 1.807) is 42.3 Å². The van der Waals surface area contributed by atoms with Gasteiger partial charge in [-0.05, 0) is 29.8 Å². The molecule has 0 amide bonds. The Morgan fingerprint density at radius 3 is 2.61 bits per heavy atom. The SMILES string of the molecule is Cn1cc(-c2cc(=O)n3[nH]c(-c4ccc(F)cc4)cc3n2)cn1. The first-order chi connectivity index (χ1) is 11.1. The summed E-state index contributed by atoms with van der Waals surface area (Å²) in [7, 11) is 1.80. The van der Waals surface area contributed by atoms with Crippen molar-refractivity contribution < 1.29 is 4.39 Å². The molecule has 6 nitrogen and oxygen atoms in total. The van der Waals surface area contributed by atoms with E-state index in [0.717, 1.165) is 11.1 Å². The Morgan fingerprint density at radius 2 is 1.91 bits per heavy atom. The maximum atomic E-state index is 13.0. The van der Waals surface area contributed by atoms with Gasteiger partial charge in [-0.15, -0.1) is 0 Å². The number of halogens is 1. The fraction of sp³-hybridized carbons (Fsp3) is 0.0625. The van der Waals surface area contributed by atoms with Gasteiger partial charge in [-0.2, -0.15) is 5.10 Å². The van der Waals surface area contributed by atoms with E-state index in [4.69, 9.17) is 0 Å². The molecule has 1 N–H and O–H groups in total. The Labute approximate surface area is 129 Å². The van der Waals surface area contributed by atoms with Crippen molar-refractivity contribution in [1.29, 1.82) is 0 Å². The summed E-state index contributed by atoms with van der Waals surface area (Å²) in [5.74, 6) is -0.306. The minimum atomic E-state index is -0.306. The van der Waals surface area contributed by atoms with Crippen molar-refractivity contribution in [2.75, 3.05) is 0 Å². The lowest BCUT2D eigenvalue weighted by Crippen LogP contribution is -2.14. The topological polar surface area (TPSA) is 68.0 Å². The third-order valence-corrected chi connectivity index (χ3v) is 3.61. The lowest BCUT2D eigenvalue weighted by Gasteiger charge is -1.97. The molecule has 0 aliphatic rings. The Balaban J connectivity index is 1.87. The second kappa shape index (κ2) is 4.91. The van der Waals surface area contributed by atoms with E-state index in [1.807, 2.05) is 0 Å². The van der Waals surface area contributed by atoms with E-state index < -0.39 is 0 Å². The van der Waals surface area contributed by atoms with Crippen LogP contribution < -0.4 is 5.56 Å². The summed E-state index contributed by atoms with van der Waals surface area (Å²) in [6, 6.07) is 9.25. The summed E-state index contributed by atoms with van der Waals surface area (Å²) < 4.78 is 16.0. The molecule has 0 saturated carbocycles. The average molecular weight is 309 g/mol. The summed E-state index contributed by atoms with van der Waals surface area (Å²) >= 11 is 0. The van der Waals surface area contributed by atoms with Crippen molar-refractivity contribution in [2.24, 2.45) is 7.05 Å². The molecule has 23 heavy (non-hydrogen) atoms. The number of benzene rings is 1. The van der Waals surface area contributed by atoms with Gasteiger partial charge in [0.25, 0.3) is 5.56 Å². The quantitative estimate of drug-likeness (QED) is 0.617. The predicted octanol–water partition coefficient (Wildman–Crippen LogP) is 2.23. The van der Waals surface area contributed by atoms with Crippen LogP contribution in [0, 0.1) is 5.82 Å². The van der Waals surface area contributed by atoms with Gasteiger partial charge in [0.1, 0.15) is 5.82 Å². The van der Waals surface area contributed by atoms with Crippen molar-refractivity contribution >= 4 is 5.65 Å². The van der Waals surface area contributed by atoms with Crippen LogP contribution in [0.25, 0.3) is 28.2 Å². The lowest BCUT2D eigenvalue weighted by atomic mass is 10.1. The van der Waals surface area contributed by atoms with E-state index in [9.17, 15) is 9.18 Å². The Bertz CT molecular complexity index is 1060. The van der Waals surface area contributed by atoms with E-state index in [-0.39, 0.29) is 11.4 Å². The molecule has 0 unspecified atom stereocenters. The molecule has 0 aliphatic carbocycles. The maximum Gasteiger partial charge on any atom is 0.273 e. The smallest absolute Gasteiger partial charge is 0.273 e. The monoisotopic (exact) mass is 309 g/mol. The van der Waals surface area contributed by atoms with Gasteiger partial charge in [0.2, 0.25) is 0 Å².